The predicted molar refractivity (Wildman–Crippen MR) is 72.1 cm³/mol. The molecule has 1 aliphatic rings. The van der Waals surface area contributed by atoms with Gasteiger partial charge in [0.25, 0.3) is 0 Å². The van der Waals surface area contributed by atoms with Crippen LogP contribution in [0.2, 0.25) is 5.28 Å². The van der Waals surface area contributed by atoms with E-state index in [2.05, 4.69) is 15.3 Å². The third-order valence-electron chi connectivity index (χ3n) is 3.16. The van der Waals surface area contributed by atoms with Crippen LogP contribution in [0.4, 0.5) is 0 Å². The Morgan fingerprint density at radius 1 is 1.44 bits per heavy atom. The van der Waals surface area contributed by atoms with Crippen molar-refractivity contribution in [2.75, 3.05) is 13.2 Å². The highest BCUT2D eigenvalue weighted by molar-refractivity contribution is 6.28. The quantitative estimate of drug-likeness (QED) is 0.660. The molecule has 1 saturated heterocycles. The molecule has 1 N–H and O–H groups in total. The van der Waals surface area contributed by atoms with Crippen molar-refractivity contribution in [3.8, 4) is 5.88 Å². The number of aryl methyl sites for hydroxylation is 1. The standard InChI is InChI=1S/C13H20ClN3O/c1-10-9-12(17-13(14)16-10)18-8-4-6-11-5-2-3-7-15-11/h9,11,15H,2-8H2,1H3/t11-/m1/s1. The number of aromatic nitrogens is 2. The maximum absolute atomic E-state index is 5.77. The molecule has 2 heterocycles. The molecule has 0 aromatic carbocycles. The second-order valence-corrected chi connectivity index (χ2v) is 5.09. The Labute approximate surface area is 113 Å². The highest BCUT2D eigenvalue weighted by Gasteiger charge is 2.11. The van der Waals surface area contributed by atoms with Gasteiger partial charge in [-0.3, -0.25) is 0 Å². The van der Waals surface area contributed by atoms with Crippen molar-refractivity contribution in [2.24, 2.45) is 0 Å². The number of halogens is 1. The van der Waals surface area contributed by atoms with E-state index in [9.17, 15) is 0 Å². The summed E-state index contributed by atoms with van der Waals surface area (Å²) in [7, 11) is 0. The zero-order chi connectivity index (χ0) is 12.8. The van der Waals surface area contributed by atoms with E-state index in [-0.39, 0.29) is 5.28 Å². The van der Waals surface area contributed by atoms with E-state index in [4.69, 9.17) is 16.3 Å². The zero-order valence-corrected chi connectivity index (χ0v) is 11.5. The molecular weight excluding hydrogens is 250 g/mol. The molecular formula is C13H20ClN3O. The molecule has 0 aliphatic carbocycles. The van der Waals surface area contributed by atoms with E-state index in [0.29, 0.717) is 18.5 Å². The van der Waals surface area contributed by atoms with E-state index in [1.54, 1.807) is 0 Å². The smallest absolute Gasteiger partial charge is 0.225 e. The summed E-state index contributed by atoms with van der Waals surface area (Å²) >= 11 is 5.77. The molecule has 1 atom stereocenters. The van der Waals surface area contributed by atoms with Crippen LogP contribution in [0.3, 0.4) is 0 Å². The van der Waals surface area contributed by atoms with E-state index < -0.39 is 0 Å². The van der Waals surface area contributed by atoms with E-state index in [1.807, 2.05) is 13.0 Å². The lowest BCUT2D eigenvalue weighted by Crippen LogP contribution is -2.34. The van der Waals surface area contributed by atoms with Crippen molar-refractivity contribution in [1.82, 2.24) is 15.3 Å². The summed E-state index contributed by atoms with van der Waals surface area (Å²) < 4.78 is 5.60. The third-order valence-corrected chi connectivity index (χ3v) is 3.33. The van der Waals surface area contributed by atoms with Crippen molar-refractivity contribution in [3.05, 3.63) is 17.0 Å². The molecule has 1 aliphatic heterocycles. The Kier molecular flexibility index (Phi) is 5.20. The van der Waals surface area contributed by atoms with Crippen molar-refractivity contribution >= 4 is 11.6 Å². The lowest BCUT2D eigenvalue weighted by atomic mass is 10.0. The van der Waals surface area contributed by atoms with Crippen LogP contribution in [0.5, 0.6) is 5.88 Å². The van der Waals surface area contributed by atoms with Gasteiger partial charge in [-0.1, -0.05) is 6.42 Å². The summed E-state index contributed by atoms with van der Waals surface area (Å²) in [6.45, 7) is 3.73. The Balaban J connectivity index is 1.68. The van der Waals surface area contributed by atoms with Gasteiger partial charge in [-0.25, -0.2) is 4.98 Å². The minimum atomic E-state index is 0.249. The molecule has 0 bridgehead atoms. The van der Waals surface area contributed by atoms with Crippen LogP contribution >= 0.6 is 11.6 Å². The molecule has 0 amide bonds. The fourth-order valence-corrected chi connectivity index (χ4v) is 2.47. The minimum Gasteiger partial charge on any atom is -0.478 e. The van der Waals surface area contributed by atoms with Crippen LogP contribution in [0.15, 0.2) is 6.07 Å². The Morgan fingerprint density at radius 2 is 2.33 bits per heavy atom. The second kappa shape index (κ2) is 6.90. The van der Waals surface area contributed by atoms with Gasteiger partial charge in [0.2, 0.25) is 11.2 Å². The SMILES string of the molecule is Cc1cc(OCCC[C@H]2CCCCN2)nc(Cl)n1. The molecule has 2 rings (SSSR count). The first kappa shape index (κ1) is 13.6. The number of rotatable bonds is 5. The van der Waals surface area contributed by atoms with Gasteiger partial charge in [-0.05, 0) is 50.8 Å². The van der Waals surface area contributed by atoms with Crippen LogP contribution < -0.4 is 10.1 Å². The maximum Gasteiger partial charge on any atom is 0.225 e. The zero-order valence-electron chi connectivity index (χ0n) is 10.8. The lowest BCUT2D eigenvalue weighted by Gasteiger charge is -2.23. The van der Waals surface area contributed by atoms with Gasteiger partial charge in [-0.15, -0.1) is 0 Å². The second-order valence-electron chi connectivity index (χ2n) is 4.75. The molecule has 0 radical (unpaired) electrons. The molecule has 1 aromatic heterocycles. The number of hydrogen-bond donors (Lipinski definition) is 1. The molecule has 1 aromatic rings. The topological polar surface area (TPSA) is 47.0 Å². The molecule has 18 heavy (non-hydrogen) atoms. The Hall–Kier alpha value is -0.870. The molecule has 100 valence electrons. The van der Waals surface area contributed by atoms with Crippen molar-refractivity contribution in [2.45, 2.75) is 45.1 Å². The average molecular weight is 270 g/mol. The predicted octanol–water partition coefficient (Wildman–Crippen LogP) is 2.74. The summed E-state index contributed by atoms with van der Waals surface area (Å²) in [5.41, 5.74) is 0.832. The van der Waals surface area contributed by atoms with Crippen molar-refractivity contribution in [3.63, 3.8) is 0 Å². The van der Waals surface area contributed by atoms with Crippen LogP contribution in [-0.4, -0.2) is 29.2 Å². The molecule has 0 spiro atoms. The van der Waals surface area contributed by atoms with Crippen LogP contribution in [0.1, 0.15) is 37.8 Å². The van der Waals surface area contributed by atoms with Gasteiger partial charge >= 0.3 is 0 Å². The summed E-state index contributed by atoms with van der Waals surface area (Å²) in [5, 5.41) is 3.78. The highest BCUT2D eigenvalue weighted by Crippen LogP contribution is 2.14. The van der Waals surface area contributed by atoms with E-state index in [0.717, 1.165) is 25.1 Å². The molecule has 0 saturated carbocycles. The van der Waals surface area contributed by atoms with Crippen molar-refractivity contribution < 1.29 is 4.74 Å². The first-order valence-corrected chi connectivity index (χ1v) is 6.99. The van der Waals surface area contributed by atoms with Gasteiger partial charge in [0, 0.05) is 17.8 Å². The van der Waals surface area contributed by atoms with Gasteiger partial charge < -0.3 is 10.1 Å². The van der Waals surface area contributed by atoms with E-state index >= 15 is 0 Å². The molecule has 5 heteroatoms. The maximum atomic E-state index is 5.77. The fraction of sp³-hybridized carbons (Fsp3) is 0.692. The summed E-state index contributed by atoms with van der Waals surface area (Å²) in [6, 6.07) is 2.48. The van der Waals surface area contributed by atoms with Gasteiger partial charge in [0.15, 0.2) is 0 Å². The van der Waals surface area contributed by atoms with Crippen LogP contribution in [0.25, 0.3) is 0 Å². The number of ether oxygens (including phenoxy) is 1. The fourth-order valence-electron chi connectivity index (χ4n) is 2.26. The Morgan fingerprint density at radius 3 is 3.06 bits per heavy atom. The third kappa shape index (κ3) is 4.42. The largest absolute Gasteiger partial charge is 0.478 e. The first-order chi connectivity index (χ1) is 8.74. The summed E-state index contributed by atoms with van der Waals surface area (Å²) in [6.07, 6.45) is 6.15. The number of hydrogen-bond acceptors (Lipinski definition) is 4. The Bertz CT molecular complexity index is 360. The van der Waals surface area contributed by atoms with Crippen LogP contribution in [-0.2, 0) is 0 Å². The molecule has 1 fully saturated rings. The van der Waals surface area contributed by atoms with E-state index in [1.165, 1.54) is 19.3 Å². The van der Waals surface area contributed by atoms with Crippen LogP contribution in [0, 0.1) is 6.92 Å². The lowest BCUT2D eigenvalue weighted by molar-refractivity contribution is 0.276. The molecule has 4 nitrogen and oxygen atoms in total. The minimum absolute atomic E-state index is 0.249. The molecule has 0 unspecified atom stereocenters. The average Bonchev–Trinajstić information content (AvgIpc) is 2.35. The number of nitrogens with zero attached hydrogens (tertiary/aromatic N) is 2. The monoisotopic (exact) mass is 269 g/mol. The first-order valence-electron chi connectivity index (χ1n) is 6.61. The summed E-state index contributed by atoms with van der Waals surface area (Å²) in [5.74, 6) is 0.573. The summed E-state index contributed by atoms with van der Waals surface area (Å²) in [4.78, 5) is 8.04. The van der Waals surface area contributed by atoms with Gasteiger partial charge in [0.05, 0.1) is 6.61 Å². The van der Waals surface area contributed by atoms with Gasteiger partial charge in [0.1, 0.15) is 0 Å². The highest BCUT2D eigenvalue weighted by atomic mass is 35.5. The number of piperidine rings is 1. The normalized spacial score (nSPS) is 19.8. The number of nitrogens with one attached hydrogen (secondary N) is 1. The van der Waals surface area contributed by atoms with Crippen molar-refractivity contribution in [1.29, 1.82) is 0 Å². The van der Waals surface area contributed by atoms with Gasteiger partial charge in [-0.2, -0.15) is 4.98 Å².